The molecule has 0 aliphatic rings. The molecule has 1 aromatic heterocycles. The number of amides is 1. The van der Waals surface area contributed by atoms with Gasteiger partial charge in [-0.2, -0.15) is 5.10 Å². The maximum atomic E-state index is 11.8. The molecule has 1 heterocycles. The van der Waals surface area contributed by atoms with E-state index in [0.717, 1.165) is 24.9 Å². The van der Waals surface area contributed by atoms with Crippen molar-refractivity contribution >= 4 is 11.6 Å². The van der Waals surface area contributed by atoms with Crippen molar-refractivity contribution < 1.29 is 4.79 Å². The molecule has 0 bridgehead atoms. The van der Waals surface area contributed by atoms with E-state index in [9.17, 15) is 4.79 Å². The summed E-state index contributed by atoms with van der Waals surface area (Å²) in [5, 5.41) is 6.85. The molecule has 1 rings (SSSR count). The fraction of sp³-hybridized carbons (Fsp3) is 0.667. The molecule has 0 saturated heterocycles. The van der Waals surface area contributed by atoms with Crippen LogP contribution in [0.15, 0.2) is 12.4 Å². The van der Waals surface area contributed by atoms with Crippen LogP contribution in [0.3, 0.4) is 0 Å². The molecule has 0 aromatic carbocycles. The predicted octanol–water partition coefficient (Wildman–Crippen LogP) is 1.51. The van der Waals surface area contributed by atoms with Crippen LogP contribution in [0.4, 0.5) is 5.69 Å². The molecule has 2 unspecified atom stereocenters. The molecule has 0 fully saturated rings. The number of nitrogens with two attached hydrogens (primary N) is 1. The first-order valence-corrected chi connectivity index (χ1v) is 6.04. The molecule has 1 aromatic rings. The number of rotatable bonds is 6. The van der Waals surface area contributed by atoms with Crippen molar-refractivity contribution in [2.45, 2.75) is 39.2 Å². The summed E-state index contributed by atoms with van der Waals surface area (Å²) in [5.41, 5.74) is 6.42. The summed E-state index contributed by atoms with van der Waals surface area (Å²) in [6.45, 7) is 3.92. The van der Waals surface area contributed by atoms with Gasteiger partial charge in [0.2, 0.25) is 5.91 Å². The standard InChI is InChI=1S/C12H22N4O/c1-9(5-4-6-10(2)13)12(17)15-11-7-14-16(3)8-11/h7-10H,4-6,13H2,1-3H3,(H,15,17). The third kappa shape index (κ3) is 4.99. The average molecular weight is 238 g/mol. The van der Waals surface area contributed by atoms with E-state index < -0.39 is 0 Å². The second-order valence-electron chi connectivity index (χ2n) is 4.70. The van der Waals surface area contributed by atoms with Crippen molar-refractivity contribution in [1.29, 1.82) is 0 Å². The summed E-state index contributed by atoms with van der Waals surface area (Å²) in [6, 6.07) is 0.212. The maximum Gasteiger partial charge on any atom is 0.227 e. The van der Waals surface area contributed by atoms with E-state index in [-0.39, 0.29) is 17.9 Å². The van der Waals surface area contributed by atoms with Crippen molar-refractivity contribution in [3.63, 3.8) is 0 Å². The molecule has 0 spiro atoms. The van der Waals surface area contributed by atoms with Crippen molar-refractivity contribution in [3.05, 3.63) is 12.4 Å². The van der Waals surface area contributed by atoms with Gasteiger partial charge in [0, 0.05) is 25.2 Å². The Kier molecular flexibility index (Phi) is 5.15. The van der Waals surface area contributed by atoms with E-state index in [1.807, 2.05) is 20.9 Å². The van der Waals surface area contributed by atoms with E-state index in [1.54, 1.807) is 17.1 Å². The predicted molar refractivity (Wildman–Crippen MR) is 68.5 cm³/mol. The van der Waals surface area contributed by atoms with Crippen molar-refractivity contribution in [2.24, 2.45) is 18.7 Å². The number of aryl methyl sites for hydroxylation is 1. The second kappa shape index (κ2) is 6.39. The highest BCUT2D eigenvalue weighted by Crippen LogP contribution is 2.12. The Balaban J connectivity index is 2.32. The first-order valence-electron chi connectivity index (χ1n) is 6.04. The van der Waals surface area contributed by atoms with Gasteiger partial charge in [-0.05, 0) is 19.8 Å². The Bertz CT molecular complexity index is 359. The molecule has 2 atom stereocenters. The van der Waals surface area contributed by atoms with Gasteiger partial charge >= 0.3 is 0 Å². The minimum Gasteiger partial charge on any atom is -0.328 e. The second-order valence-corrected chi connectivity index (χ2v) is 4.70. The number of aromatic nitrogens is 2. The van der Waals surface area contributed by atoms with Crippen LogP contribution in [0.25, 0.3) is 0 Å². The average Bonchev–Trinajstić information content (AvgIpc) is 2.63. The zero-order valence-corrected chi connectivity index (χ0v) is 10.8. The summed E-state index contributed by atoms with van der Waals surface area (Å²) in [5.74, 6) is 0.0524. The van der Waals surface area contributed by atoms with E-state index in [0.29, 0.717) is 0 Å². The van der Waals surface area contributed by atoms with E-state index in [4.69, 9.17) is 5.73 Å². The minimum atomic E-state index is 0.00829. The molecule has 0 saturated carbocycles. The number of hydrogen-bond acceptors (Lipinski definition) is 3. The van der Waals surface area contributed by atoms with Gasteiger partial charge in [0.1, 0.15) is 0 Å². The first kappa shape index (κ1) is 13.7. The van der Waals surface area contributed by atoms with E-state index >= 15 is 0 Å². The van der Waals surface area contributed by atoms with Crippen LogP contribution < -0.4 is 11.1 Å². The van der Waals surface area contributed by atoms with Gasteiger partial charge in [0.25, 0.3) is 0 Å². The zero-order valence-electron chi connectivity index (χ0n) is 10.8. The van der Waals surface area contributed by atoms with Crippen molar-refractivity contribution in [2.75, 3.05) is 5.32 Å². The van der Waals surface area contributed by atoms with Gasteiger partial charge in [-0.3, -0.25) is 9.48 Å². The smallest absolute Gasteiger partial charge is 0.227 e. The Morgan fingerprint density at radius 2 is 2.24 bits per heavy atom. The molecule has 3 N–H and O–H groups in total. The Hall–Kier alpha value is -1.36. The Morgan fingerprint density at radius 1 is 1.53 bits per heavy atom. The topological polar surface area (TPSA) is 72.9 Å². The molecule has 0 aliphatic heterocycles. The van der Waals surface area contributed by atoms with Crippen LogP contribution in [0.1, 0.15) is 33.1 Å². The van der Waals surface area contributed by atoms with E-state index in [1.165, 1.54) is 0 Å². The summed E-state index contributed by atoms with van der Waals surface area (Å²) in [7, 11) is 1.82. The molecule has 0 radical (unpaired) electrons. The molecule has 5 nitrogen and oxygen atoms in total. The Morgan fingerprint density at radius 3 is 2.76 bits per heavy atom. The lowest BCUT2D eigenvalue weighted by Gasteiger charge is -2.11. The van der Waals surface area contributed by atoms with Crippen LogP contribution in [-0.2, 0) is 11.8 Å². The highest BCUT2D eigenvalue weighted by molar-refractivity contribution is 5.91. The van der Waals surface area contributed by atoms with Crippen LogP contribution in [-0.4, -0.2) is 21.7 Å². The quantitative estimate of drug-likeness (QED) is 0.789. The lowest BCUT2D eigenvalue weighted by molar-refractivity contribution is -0.119. The SMILES string of the molecule is CC(N)CCCC(C)C(=O)Nc1cnn(C)c1. The molecular weight excluding hydrogens is 216 g/mol. The van der Waals surface area contributed by atoms with Gasteiger partial charge in [-0.1, -0.05) is 13.3 Å². The number of nitrogens with one attached hydrogen (secondary N) is 1. The summed E-state index contributed by atoms with van der Waals surface area (Å²) < 4.78 is 1.66. The Labute approximate surface area is 102 Å². The minimum absolute atomic E-state index is 0.00829. The van der Waals surface area contributed by atoms with Gasteiger partial charge in [0.05, 0.1) is 11.9 Å². The molecule has 96 valence electrons. The molecular formula is C12H22N4O. The van der Waals surface area contributed by atoms with Gasteiger partial charge < -0.3 is 11.1 Å². The summed E-state index contributed by atoms with van der Waals surface area (Å²) >= 11 is 0. The molecule has 0 aliphatic carbocycles. The first-order chi connectivity index (χ1) is 7.99. The van der Waals surface area contributed by atoms with Gasteiger partial charge in [0.15, 0.2) is 0 Å². The fourth-order valence-electron chi connectivity index (χ4n) is 1.63. The largest absolute Gasteiger partial charge is 0.328 e. The third-order valence-corrected chi connectivity index (χ3v) is 2.72. The highest BCUT2D eigenvalue weighted by atomic mass is 16.1. The van der Waals surface area contributed by atoms with Crippen molar-refractivity contribution in [1.82, 2.24) is 9.78 Å². The van der Waals surface area contributed by atoms with Gasteiger partial charge in [-0.25, -0.2) is 0 Å². The number of carbonyl (C=O) groups excluding carboxylic acids is 1. The zero-order chi connectivity index (χ0) is 12.8. The number of carbonyl (C=O) groups is 1. The summed E-state index contributed by atoms with van der Waals surface area (Å²) in [4.78, 5) is 11.8. The van der Waals surface area contributed by atoms with Crippen LogP contribution in [0.5, 0.6) is 0 Å². The third-order valence-electron chi connectivity index (χ3n) is 2.72. The van der Waals surface area contributed by atoms with Gasteiger partial charge in [-0.15, -0.1) is 0 Å². The number of hydrogen-bond donors (Lipinski definition) is 2. The van der Waals surface area contributed by atoms with Crippen molar-refractivity contribution in [3.8, 4) is 0 Å². The van der Waals surface area contributed by atoms with Crippen LogP contribution in [0.2, 0.25) is 0 Å². The normalized spacial score (nSPS) is 14.4. The number of anilines is 1. The molecule has 5 heteroatoms. The molecule has 1 amide bonds. The molecule has 17 heavy (non-hydrogen) atoms. The van der Waals surface area contributed by atoms with E-state index in [2.05, 4.69) is 10.4 Å². The van der Waals surface area contributed by atoms with Crippen LogP contribution in [0, 0.1) is 5.92 Å². The summed E-state index contributed by atoms with van der Waals surface area (Å²) in [6.07, 6.45) is 6.25. The highest BCUT2D eigenvalue weighted by Gasteiger charge is 2.13. The van der Waals surface area contributed by atoms with Crippen LogP contribution >= 0.6 is 0 Å². The number of nitrogens with zero attached hydrogens (tertiary/aromatic N) is 2. The maximum absolute atomic E-state index is 11.8. The fourth-order valence-corrected chi connectivity index (χ4v) is 1.63. The monoisotopic (exact) mass is 238 g/mol. The lowest BCUT2D eigenvalue weighted by Crippen LogP contribution is -2.21. The lowest BCUT2D eigenvalue weighted by atomic mass is 10.0.